The third kappa shape index (κ3) is 5.10. The fraction of sp³-hybridized carbons (Fsp3) is 0.417. The van der Waals surface area contributed by atoms with Crippen LogP contribution in [0.4, 0.5) is 10.5 Å². The van der Waals surface area contributed by atoms with Crippen molar-refractivity contribution in [2.75, 3.05) is 19.0 Å². The molecule has 0 aromatic heterocycles. The molecule has 0 bridgehead atoms. The maximum absolute atomic E-state index is 12.6. The van der Waals surface area contributed by atoms with Crippen LogP contribution in [0.15, 0.2) is 42.5 Å². The Bertz CT molecular complexity index is 938. The van der Waals surface area contributed by atoms with Gasteiger partial charge in [-0.3, -0.25) is 4.79 Å². The van der Waals surface area contributed by atoms with Crippen molar-refractivity contribution in [2.24, 2.45) is 0 Å². The zero-order valence-corrected chi connectivity index (χ0v) is 18.0. The Morgan fingerprint density at radius 2 is 1.87 bits per heavy atom. The Hall–Kier alpha value is -3.22. The molecule has 1 aliphatic heterocycles. The summed E-state index contributed by atoms with van der Waals surface area (Å²) in [5, 5.41) is 5.82. The molecule has 4 rings (SSSR count). The smallest absolute Gasteiger partial charge is 0.318 e. The van der Waals surface area contributed by atoms with Gasteiger partial charge in [-0.05, 0) is 61.1 Å². The van der Waals surface area contributed by atoms with Crippen LogP contribution in [-0.2, 0) is 11.3 Å². The summed E-state index contributed by atoms with van der Waals surface area (Å²) in [6, 6.07) is 13.2. The SMILES string of the molecule is COc1ccc([C@@H]2CN(Cc3ccc(NC(C)=O)cc3)C(=O)N2)cc1OC1CCCC1. The summed E-state index contributed by atoms with van der Waals surface area (Å²) >= 11 is 0. The van der Waals surface area contributed by atoms with E-state index < -0.39 is 0 Å². The number of amides is 3. The lowest BCUT2D eigenvalue weighted by molar-refractivity contribution is -0.114. The third-order valence-corrected chi connectivity index (χ3v) is 5.82. The molecule has 2 aromatic carbocycles. The molecule has 2 aliphatic rings. The van der Waals surface area contributed by atoms with Crippen molar-refractivity contribution in [3.63, 3.8) is 0 Å². The molecular formula is C24H29N3O4. The van der Waals surface area contributed by atoms with Crippen LogP contribution in [0, 0.1) is 0 Å². The fourth-order valence-electron chi connectivity index (χ4n) is 4.22. The highest BCUT2D eigenvalue weighted by molar-refractivity contribution is 5.88. The molecule has 1 atom stereocenters. The van der Waals surface area contributed by atoms with Gasteiger partial charge in [-0.25, -0.2) is 4.79 Å². The van der Waals surface area contributed by atoms with Crippen molar-refractivity contribution in [3.05, 3.63) is 53.6 Å². The molecule has 2 fully saturated rings. The van der Waals surface area contributed by atoms with E-state index in [1.807, 2.05) is 42.5 Å². The highest BCUT2D eigenvalue weighted by Crippen LogP contribution is 2.35. The van der Waals surface area contributed by atoms with Gasteiger partial charge in [0.05, 0.1) is 19.3 Å². The molecule has 0 spiro atoms. The first kappa shape index (κ1) is 21.0. The molecule has 31 heavy (non-hydrogen) atoms. The number of rotatable bonds is 7. The molecule has 3 amide bonds. The van der Waals surface area contributed by atoms with E-state index in [9.17, 15) is 9.59 Å². The van der Waals surface area contributed by atoms with Crippen molar-refractivity contribution in [1.29, 1.82) is 0 Å². The first-order chi connectivity index (χ1) is 15.0. The van der Waals surface area contributed by atoms with Crippen molar-refractivity contribution in [2.45, 2.75) is 51.3 Å². The second-order valence-corrected chi connectivity index (χ2v) is 8.20. The monoisotopic (exact) mass is 423 g/mol. The predicted octanol–water partition coefficient (Wildman–Crippen LogP) is 4.24. The number of carbonyl (C=O) groups excluding carboxylic acids is 2. The lowest BCUT2D eigenvalue weighted by Crippen LogP contribution is -2.27. The maximum atomic E-state index is 12.6. The van der Waals surface area contributed by atoms with Crippen LogP contribution in [-0.4, -0.2) is 36.6 Å². The van der Waals surface area contributed by atoms with E-state index in [1.54, 1.807) is 12.0 Å². The number of methoxy groups -OCH3 is 1. The number of nitrogens with one attached hydrogen (secondary N) is 2. The van der Waals surface area contributed by atoms with Gasteiger partial charge in [0.15, 0.2) is 11.5 Å². The lowest BCUT2D eigenvalue weighted by atomic mass is 10.1. The second kappa shape index (κ2) is 9.29. The second-order valence-electron chi connectivity index (χ2n) is 8.20. The van der Waals surface area contributed by atoms with E-state index in [0.29, 0.717) is 13.1 Å². The Balaban J connectivity index is 1.43. The molecule has 1 heterocycles. The number of nitrogens with zero attached hydrogens (tertiary/aromatic N) is 1. The lowest BCUT2D eigenvalue weighted by Gasteiger charge is -2.19. The number of hydrogen-bond donors (Lipinski definition) is 2. The molecule has 164 valence electrons. The largest absolute Gasteiger partial charge is 0.493 e. The third-order valence-electron chi connectivity index (χ3n) is 5.82. The van der Waals surface area contributed by atoms with Crippen LogP contribution in [0.1, 0.15) is 49.8 Å². The van der Waals surface area contributed by atoms with Gasteiger partial charge in [-0.2, -0.15) is 0 Å². The fourth-order valence-corrected chi connectivity index (χ4v) is 4.22. The van der Waals surface area contributed by atoms with Crippen molar-refractivity contribution in [3.8, 4) is 11.5 Å². The van der Waals surface area contributed by atoms with Crippen LogP contribution in [0.25, 0.3) is 0 Å². The quantitative estimate of drug-likeness (QED) is 0.698. The Kier molecular flexibility index (Phi) is 6.30. The minimum Gasteiger partial charge on any atom is -0.493 e. The first-order valence-corrected chi connectivity index (χ1v) is 10.8. The van der Waals surface area contributed by atoms with Gasteiger partial charge in [0.2, 0.25) is 5.91 Å². The highest BCUT2D eigenvalue weighted by atomic mass is 16.5. The van der Waals surface area contributed by atoms with Crippen LogP contribution in [0.2, 0.25) is 0 Å². The normalized spacial score (nSPS) is 18.7. The molecule has 7 heteroatoms. The van der Waals surface area contributed by atoms with Gasteiger partial charge in [0, 0.05) is 25.7 Å². The van der Waals surface area contributed by atoms with Gasteiger partial charge in [0.1, 0.15) is 0 Å². The average molecular weight is 424 g/mol. The van der Waals surface area contributed by atoms with E-state index in [-0.39, 0.29) is 24.1 Å². The summed E-state index contributed by atoms with van der Waals surface area (Å²) in [4.78, 5) is 25.5. The molecule has 2 N–H and O–H groups in total. The van der Waals surface area contributed by atoms with Crippen LogP contribution in [0.5, 0.6) is 11.5 Å². The Morgan fingerprint density at radius 1 is 1.13 bits per heavy atom. The first-order valence-electron chi connectivity index (χ1n) is 10.8. The predicted molar refractivity (Wildman–Crippen MR) is 118 cm³/mol. The van der Waals surface area contributed by atoms with Gasteiger partial charge < -0.3 is 25.0 Å². The van der Waals surface area contributed by atoms with Crippen molar-refractivity contribution < 1.29 is 19.1 Å². The number of hydrogen-bond acceptors (Lipinski definition) is 4. The van der Waals surface area contributed by atoms with Gasteiger partial charge in [-0.1, -0.05) is 18.2 Å². The molecule has 1 aliphatic carbocycles. The summed E-state index contributed by atoms with van der Waals surface area (Å²) in [6.07, 6.45) is 4.78. The molecule has 1 saturated carbocycles. The average Bonchev–Trinajstić information content (AvgIpc) is 3.39. The Labute approximate surface area is 182 Å². The van der Waals surface area contributed by atoms with Crippen LogP contribution in [0.3, 0.4) is 0 Å². The molecule has 2 aromatic rings. The number of ether oxygens (including phenoxy) is 2. The van der Waals surface area contributed by atoms with Crippen LogP contribution < -0.4 is 20.1 Å². The topological polar surface area (TPSA) is 79.9 Å². The van der Waals surface area contributed by atoms with E-state index >= 15 is 0 Å². The zero-order chi connectivity index (χ0) is 21.8. The van der Waals surface area contributed by atoms with Crippen LogP contribution >= 0.6 is 0 Å². The van der Waals surface area contributed by atoms with Gasteiger partial charge in [-0.15, -0.1) is 0 Å². The molecule has 0 unspecified atom stereocenters. The highest BCUT2D eigenvalue weighted by Gasteiger charge is 2.30. The minimum atomic E-state index is -0.108. The zero-order valence-electron chi connectivity index (χ0n) is 18.0. The van der Waals surface area contributed by atoms with Gasteiger partial charge >= 0.3 is 6.03 Å². The molecule has 0 radical (unpaired) electrons. The summed E-state index contributed by atoms with van der Waals surface area (Å²) in [6.45, 7) is 2.55. The molecular weight excluding hydrogens is 394 g/mol. The summed E-state index contributed by atoms with van der Waals surface area (Å²) in [7, 11) is 1.65. The van der Waals surface area contributed by atoms with Gasteiger partial charge in [0.25, 0.3) is 0 Å². The number of urea groups is 1. The van der Waals surface area contributed by atoms with E-state index in [1.165, 1.54) is 19.8 Å². The summed E-state index contributed by atoms with van der Waals surface area (Å²) in [5.41, 5.74) is 2.75. The number of carbonyl (C=O) groups is 2. The van der Waals surface area contributed by atoms with E-state index in [2.05, 4.69) is 10.6 Å². The van der Waals surface area contributed by atoms with Crippen molar-refractivity contribution >= 4 is 17.6 Å². The minimum absolute atomic E-state index is 0.0926. The van der Waals surface area contributed by atoms with E-state index in [0.717, 1.165) is 41.2 Å². The Morgan fingerprint density at radius 3 is 2.55 bits per heavy atom. The number of benzene rings is 2. The summed E-state index contributed by atoms with van der Waals surface area (Å²) in [5.74, 6) is 1.36. The maximum Gasteiger partial charge on any atom is 0.318 e. The van der Waals surface area contributed by atoms with Crippen molar-refractivity contribution in [1.82, 2.24) is 10.2 Å². The summed E-state index contributed by atoms with van der Waals surface area (Å²) < 4.78 is 11.7. The molecule has 7 nitrogen and oxygen atoms in total. The standard InChI is InChI=1S/C24H29N3O4/c1-16(28)25-19-10-7-17(8-11-19)14-27-15-21(26-24(27)29)18-9-12-22(30-2)23(13-18)31-20-5-3-4-6-20/h7-13,20-21H,3-6,14-15H2,1-2H3,(H,25,28)(H,26,29)/t21-/m0/s1. The number of anilines is 1. The molecule has 1 saturated heterocycles. The van der Waals surface area contributed by atoms with E-state index in [4.69, 9.17) is 9.47 Å².